The van der Waals surface area contributed by atoms with E-state index < -0.39 is 0 Å². The van der Waals surface area contributed by atoms with Crippen LogP contribution in [0.25, 0.3) is 0 Å². The van der Waals surface area contributed by atoms with Gasteiger partial charge in [0.25, 0.3) is 0 Å². The lowest BCUT2D eigenvalue weighted by atomic mass is 10.2. The summed E-state index contributed by atoms with van der Waals surface area (Å²) < 4.78 is 1.68. The second-order valence-corrected chi connectivity index (χ2v) is 4.00. The van der Waals surface area contributed by atoms with E-state index in [0.717, 1.165) is 17.3 Å². The summed E-state index contributed by atoms with van der Waals surface area (Å²) in [5.41, 5.74) is 1.35. The van der Waals surface area contributed by atoms with Crippen molar-refractivity contribution in [2.45, 2.75) is 25.4 Å². The van der Waals surface area contributed by atoms with Gasteiger partial charge in [-0.3, -0.25) is 0 Å². The van der Waals surface area contributed by atoms with Crippen molar-refractivity contribution in [3.63, 3.8) is 0 Å². The van der Waals surface area contributed by atoms with Crippen LogP contribution in [0.5, 0.6) is 0 Å². The third-order valence-electron chi connectivity index (χ3n) is 2.00. The normalized spacial score (nSPS) is 12.6. The molecule has 0 aromatic carbocycles. The average Bonchev–Trinajstić information content (AvgIpc) is 2.65. The van der Waals surface area contributed by atoms with E-state index >= 15 is 0 Å². The van der Waals surface area contributed by atoms with Gasteiger partial charge in [-0.2, -0.15) is 0 Å². The van der Waals surface area contributed by atoms with E-state index in [1.807, 2.05) is 7.05 Å². The van der Waals surface area contributed by atoms with Crippen LogP contribution in [0.1, 0.15) is 20.3 Å². The maximum Gasteiger partial charge on any atom is 0.209 e. The molecule has 0 aliphatic rings. The first-order valence-corrected chi connectivity index (χ1v) is 5.93. The first-order chi connectivity index (χ1) is 7.27. The summed E-state index contributed by atoms with van der Waals surface area (Å²) in [5, 5.41) is 12.1. The van der Waals surface area contributed by atoms with Crippen molar-refractivity contribution >= 4 is 11.8 Å². The Morgan fingerprint density at radius 1 is 1.53 bits per heavy atom. The Balaban J connectivity index is 2.36. The van der Waals surface area contributed by atoms with Gasteiger partial charge < -0.3 is 0 Å². The van der Waals surface area contributed by atoms with Crippen LogP contribution in [0, 0.1) is 0 Å². The Hall–Kier alpha value is -1.10. The molecule has 0 saturated heterocycles. The van der Waals surface area contributed by atoms with Gasteiger partial charge in [-0.1, -0.05) is 42.5 Å². The molecule has 0 aliphatic heterocycles. The highest BCUT2D eigenvalue weighted by atomic mass is 32.2. The van der Waals surface area contributed by atoms with Crippen molar-refractivity contribution in [3.05, 3.63) is 23.8 Å². The molecule has 0 unspecified atom stereocenters. The van der Waals surface area contributed by atoms with Crippen LogP contribution in [0.4, 0.5) is 0 Å². The van der Waals surface area contributed by atoms with Gasteiger partial charge in [0, 0.05) is 12.8 Å². The van der Waals surface area contributed by atoms with Crippen LogP contribution in [0.3, 0.4) is 0 Å². The van der Waals surface area contributed by atoms with Crippen LogP contribution < -0.4 is 0 Å². The number of rotatable bonds is 5. The van der Waals surface area contributed by atoms with Crippen molar-refractivity contribution in [1.82, 2.24) is 20.2 Å². The lowest BCUT2D eigenvalue weighted by Gasteiger charge is -1.95. The molecule has 0 amide bonds. The zero-order chi connectivity index (χ0) is 11.1. The number of thioether (sulfide) groups is 1. The van der Waals surface area contributed by atoms with E-state index in [0.29, 0.717) is 0 Å². The molecule has 0 aliphatic carbocycles. The SMILES string of the molecule is C/C=C(/C=C/CSc1nnnn1C)CC. The molecule has 1 rings (SSSR count). The smallest absolute Gasteiger partial charge is 0.209 e. The van der Waals surface area contributed by atoms with Gasteiger partial charge in [0.05, 0.1) is 0 Å². The molecule has 82 valence electrons. The summed E-state index contributed by atoms with van der Waals surface area (Å²) in [4.78, 5) is 0. The van der Waals surface area contributed by atoms with Gasteiger partial charge in [0.15, 0.2) is 0 Å². The number of hydrogen-bond acceptors (Lipinski definition) is 4. The molecular formula is C10H16N4S. The zero-order valence-corrected chi connectivity index (χ0v) is 10.2. The fourth-order valence-electron chi connectivity index (χ4n) is 1.08. The number of nitrogens with zero attached hydrogens (tertiary/aromatic N) is 4. The van der Waals surface area contributed by atoms with Crippen LogP contribution in [-0.2, 0) is 7.05 Å². The van der Waals surface area contributed by atoms with Crippen molar-refractivity contribution in [2.75, 3.05) is 5.75 Å². The molecule has 0 saturated carbocycles. The number of hydrogen-bond donors (Lipinski definition) is 0. The van der Waals surface area contributed by atoms with E-state index in [4.69, 9.17) is 0 Å². The predicted octanol–water partition coefficient (Wildman–Crippen LogP) is 2.21. The second kappa shape index (κ2) is 6.40. The molecule has 1 aromatic rings. The summed E-state index contributed by atoms with van der Waals surface area (Å²) in [7, 11) is 1.84. The van der Waals surface area contributed by atoms with Crippen LogP contribution in [0.15, 0.2) is 29.0 Å². The van der Waals surface area contributed by atoms with Crippen molar-refractivity contribution in [3.8, 4) is 0 Å². The molecule has 0 N–H and O–H groups in total. The van der Waals surface area contributed by atoms with Crippen LogP contribution in [0.2, 0.25) is 0 Å². The van der Waals surface area contributed by atoms with Gasteiger partial charge in [0.2, 0.25) is 5.16 Å². The molecule has 1 aromatic heterocycles. The van der Waals surface area contributed by atoms with E-state index in [1.165, 1.54) is 5.57 Å². The van der Waals surface area contributed by atoms with Crippen LogP contribution >= 0.6 is 11.8 Å². The minimum atomic E-state index is 0.846. The highest BCUT2D eigenvalue weighted by molar-refractivity contribution is 7.99. The number of allylic oxidation sites excluding steroid dienone is 3. The fourth-order valence-corrected chi connectivity index (χ4v) is 1.74. The standard InChI is InChI=1S/C10H16N4S/c1-4-9(5-2)7-6-8-15-10-11-12-13-14(10)3/h4,6-7H,5,8H2,1-3H3/b7-6+,9-4+. The monoisotopic (exact) mass is 224 g/mol. The summed E-state index contributed by atoms with van der Waals surface area (Å²) >= 11 is 1.63. The Bertz CT molecular complexity index is 354. The van der Waals surface area contributed by atoms with Gasteiger partial charge in [-0.15, -0.1) is 5.10 Å². The highest BCUT2D eigenvalue weighted by Gasteiger charge is 1.99. The topological polar surface area (TPSA) is 43.6 Å². The Labute approximate surface area is 94.4 Å². The number of aromatic nitrogens is 4. The quantitative estimate of drug-likeness (QED) is 0.568. The molecule has 0 spiro atoms. The Kier molecular flexibility index (Phi) is 5.10. The van der Waals surface area contributed by atoms with E-state index in [-0.39, 0.29) is 0 Å². The second-order valence-electron chi connectivity index (χ2n) is 3.02. The molecular weight excluding hydrogens is 208 g/mol. The Morgan fingerprint density at radius 2 is 2.33 bits per heavy atom. The fraction of sp³-hybridized carbons (Fsp3) is 0.500. The minimum absolute atomic E-state index is 0.846. The largest absolute Gasteiger partial charge is 0.224 e. The molecule has 0 radical (unpaired) electrons. The third-order valence-corrected chi connectivity index (χ3v) is 2.96. The van der Waals surface area contributed by atoms with Gasteiger partial charge in [0.1, 0.15) is 0 Å². The maximum atomic E-state index is 3.89. The predicted molar refractivity (Wildman–Crippen MR) is 62.7 cm³/mol. The lowest BCUT2D eigenvalue weighted by Crippen LogP contribution is -1.92. The number of aryl methyl sites for hydroxylation is 1. The molecule has 0 fully saturated rings. The molecule has 15 heavy (non-hydrogen) atoms. The van der Waals surface area contributed by atoms with Crippen LogP contribution in [-0.4, -0.2) is 26.0 Å². The maximum absolute atomic E-state index is 3.89. The summed E-state index contributed by atoms with van der Waals surface area (Å²) in [6.45, 7) is 4.21. The molecule has 0 atom stereocenters. The highest BCUT2D eigenvalue weighted by Crippen LogP contribution is 2.12. The number of tetrazole rings is 1. The lowest BCUT2D eigenvalue weighted by molar-refractivity contribution is 0.665. The van der Waals surface area contributed by atoms with Crippen molar-refractivity contribution in [2.24, 2.45) is 7.05 Å². The van der Waals surface area contributed by atoms with Gasteiger partial charge in [-0.25, -0.2) is 4.68 Å². The third kappa shape index (κ3) is 3.87. The Morgan fingerprint density at radius 3 is 2.87 bits per heavy atom. The average molecular weight is 224 g/mol. The van der Waals surface area contributed by atoms with Gasteiger partial charge in [-0.05, 0) is 23.8 Å². The summed E-state index contributed by atoms with van der Waals surface area (Å²) in [6, 6.07) is 0. The van der Waals surface area contributed by atoms with E-state index in [9.17, 15) is 0 Å². The molecule has 5 heteroatoms. The summed E-state index contributed by atoms with van der Waals surface area (Å²) in [5.74, 6) is 0.894. The summed E-state index contributed by atoms with van der Waals surface area (Å²) in [6.07, 6.45) is 7.49. The molecule has 0 bridgehead atoms. The zero-order valence-electron chi connectivity index (χ0n) is 9.34. The minimum Gasteiger partial charge on any atom is -0.224 e. The molecule has 1 heterocycles. The first kappa shape index (κ1) is 12.0. The van der Waals surface area contributed by atoms with Crippen molar-refractivity contribution in [1.29, 1.82) is 0 Å². The first-order valence-electron chi connectivity index (χ1n) is 4.94. The van der Waals surface area contributed by atoms with E-state index in [2.05, 4.69) is 47.6 Å². The van der Waals surface area contributed by atoms with Gasteiger partial charge >= 0.3 is 0 Å². The van der Waals surface area contributed by atoms with E-state index in [1.54, 1.807) is 16.4 Å². The molecule has 4 nitrogen and oxygen atoms in total. The van der Waals surface area contributed by atoms with Crippen molar-refractivity contribution < 1.29 is 0 Å².